The van der Waals surface area contributed by atoms with E-state index in [0.717, 1.165) is 11.1 Å². The lowest BCUT2D eigenvalue weighted by Gasteiger charge is -2.44. The number of nitrogens with one attached hydrogen (secondary N) is 1. The van der Waals surface area contributed by atoms with E-state index >= 15 is 0 Å². The van der Waals surface area contributed by atoms with Crippen molar-refractivity contribution in [1.29, 1.82) is 0 Å². The van der Waals surface area contributed by atoms with Crippen LogP contribution in [0.5, 0.6) is 0 Å². The van der Waals surface area contributed by atoms with Crippen LogP contribution in [0.15, 0.2) is 48.5 Å². The molecule has 8 heteroatoms. The molecule has 1 fully saturated rings. The maximum absolute atomic E-state index is 13.2. The summed E-state index contributed by atoms with van der Waals surface area (Å²) in [6.45, 7) is 6.07. The van der Waals surface area contributed by atoms with Crippen LogP contribution in [-0.4, -0.2) is 46.9 Å². The van der Waals surface area contributed by atoms with E-state index in [9.17, 15) is 14.0 Å². The molecular formula is C23H28ClFN4O2. The lowest BCUT2D eigenvalue weighted by Crippen LogP contribution is -2.58. The summed E-state index contributed by atoms with van der Waals surface area (Å²) in [6, 6.07) is 12.4. The number of piperazine rings is 1. The molecule has 0 bridgehead atoms. The van der Waals surface area contributed by atoms with Crippen LogP contribution in [0.2, 0.25) is 5.02 Å². The van der Waals surface area contributed by atoms with Crippen LogP contribution >= 0.6 is 11.6 Å². The number of benzene rings is 2. The number of halogens is 2. The first-order valence-corrected chi connectivity index (χ1v) is 10.7. The second-order valence-electron chi connectivity index (χ2n) is 8.12. The fraction of sp³-hybridized carbons (Fsp3) is 0.391. The number of hydrogen-bond acceptors (Lipinski definition) is 3. The first kappa shape index (κ1) is 23.0. The van der Waals surface area contributed by atoms with E-state index < -0.39 is 12.1 Å². The number of primary amides is 1. The molecule has 0 radical (unpaired) electrons. The van der Waals surface area contributed by atoms with Gasteiger partial charge in [-0.1, -0.05) is 35.9 Å². The smallest absolute Gasteiger partial charge is 0.312 e. The maximum Gasteiger partial charge on any atom is 0.312 e. The van der Waals surface area contributed by atoms with Crippen LogP contribution in [0.4, 0.5) is 9.18 Å². The van der Waals surface area contributed by atoms with Gasteiger partial charge in [0.15, 0.2) is 0 Å². The topological polar surface area (TPSA) is 78.7 Å². The standard InChI is InChI=1S/C23H28ClFN4O2/c1-15-13-29(16(2)12-28(15)14-17-3-9-20(25)10-4-17)22(30)11-21(27-23(26)31)18-5-7-19(24)8-6-18/h3-10,15-16,21H,11-14H2,1-2H3,(H3,26,27,31)/t15-,16+,21?/m1/s1. The molecule has 166 valence electrons. The average Bonchev–Trinajstić information content (AvgIpc) is 2.71. The molecule has 0 spiro atoms. The molecule has 1 saturated heterocycles. The number of rotatable bonds is 6. The Hall–Kier alpha value is -2.64. The molecule has 0 saturated carbocycles. The molecule has 1 aliphatic rings. The largest absolute Gasteiger partial charge is 0.352 e. The van der Waals surface area contributed by atoms with Crippen molar-refractivity contribution in [3.8, 4) is 0 Å². The number of hydrogen-bond donors (Lipinski definition) is 2. The summed E-state index contributed by atoms with van der Waals surface area (Å²) in [5, 5.41) is 3.24. The van der Waals surface area contributed by atoms with Crippen LogP contribution in [0.1, 0.15) is 37.4 Å². The Bertz CT molecular complexity index is 907. The van der Waals surface area contributed by atoms with Crippen molar-refractivity contribution in [2.45, 2.75) is 44.9 Å². The van der Waals surface area contributed by atoms with Crippen molar-refractivity contribution in [2.75, 3.05) is 13.1 Å². The van der Waals surface area contributed by atoms with Gasteiger partial charge in [0.25, 0.3) is 0 Å². The van der Waals surface area contributed by atoms with Crippen LogP contribution in [0.25, 0.3) is 0 Å². The number of nitrogens with zero attached hydrogens (tertiary/aromatic N) is 2. The summed E-state index contributed by atoms with van der Waals surface area (Å²) in [7, 11) is 0. The van der Waals surface area contributed by atoms with Gasteiger partial charge in [-0.05, 0) is 49.2 Å². The number of amides is 3. The molecule has 3 amide bonds. The highest BCUT2D eigenvalue weighted by molar-refractivity contribution is 6.30. The normalized spacial score (nSPS) is 20.3. The van der Waals surface area contributed by atoms with Gasteiger partial charge in [-0.15, -0.1) is 0 Å². The van der Waals surface area contributed by atoms with Crippen molar-refractivity contribution in [2.24, 2.45) is 5.73 Å². The molecule has 3 rings (SSSR count). The molecular weight excluding hydrogens is 419 g/mol. The Morgan fingerprint density at radius 1 is 1.10 bits per heavy atom. The molecule has 1 heterocycles. The number of carbonyl (C=O) groups is 2. The monoisotopic (exact) mass is 446 g/mol. The Labute approximate surface area is 187 Å². The van der Waals surface area contributed by atoms with Gasteiger partial charge in [0.1, 0.15) is 5.82 Å². The van der Waals surface area contributed by atoms with Crippen LogP contribution in [0, 0.1) is 5.82 Å². The van der Waals surface area contributed by atoms with E-state index in [1.165, 1.54) is 12.1 Å². The van der Waals surface area contributed by atoms with Gasteiger partial charge < -0.3 is 16.0 Å². The Balaban J connectivity index is 1.66. The molecule has 31 heavy (non-hydrogen) atoms. The highest BCUT2D eigenvalue weighted by atomic mass is 35.5. The predicted molar refractivity (Wildman–Crippen MR) is 119 cm³/mol. The first-order chi connectivity index (χ1) is 14.7. The quantitative estimate of drug-likeness (QED) is 0.710. The number of urea groups is 1. The van der Waals surface area contributed by atoms with Crippen LogP contribution in [-0.2, 0) is 11.3 Å². The van der Waals surface area contributed by atoms with Gasteiger partial charge in [0, 0.05) is 36.7 Å². The SMILES string of the molecule is C[C@@H]1CN(C(=O)CC(NC(N)=O)c2ccc(Cl)cc2)[C@@H](C)CN1Cc1ccc(F)cc1. The third-order valence-electron chi connectivity index (χ3n) is 5.70. The zero-order valence-electron chi connectivity index (χ0n) is 17.7. The third kappa shape index (κ3) is 6.18. The number of carbonyl (C=O) groups excluding carboxylic acids is 2. The van der Waals surface area contributed by atoms with Crippen molar-refractivity contribution in [3.05, 3.63) is 70.5 Å². The lowest BCUT2D eigenvalue weighted by molar-refractivity contribution is -0.137. The maximum atomic E-state index is 13.2. The first-order valence-electron chi connectivity index (χ1n) is 10.3. The van der Waals surface area contributed by atoms with Gasteiger partial charge in [-0.25, -0.2) is 9.18 Å². The van der Waals surface area contributed by atoms with E-state index in [4.69, 9.17) is 17.3 Å². The van der Waals surface area contributed by atoms with Gasteiger partial charge in [0.05, 0.1) is 12.5 Å². The van der Waals surface area contributed by atoms with E-state index in [2.05, 4.69) is 17.1 Å². The van der Waals surface area contributed by atoms with Gasteiger partial charge in [-0.3, -0.25) is 9.69 Å². The fourth-order valence-corrected chi connectivity index (χ4v) is 4.13. The second-order valence-corrected chi connectivity index (χ2v) is 8.55. The molecule has 1 unspecified atom stereocenters. The Morgan fingerprint density at radius 3 is 2.35 bits per heavy atom. The van der Waals surface area contributed by atoms with Gasteiger partial charge >= 0.3 is 6.03 Å². The van der Waals surface area contributed by atoms with Crippen LogP contribution < -0.4 is 11.1 Å². The van der Waals surface area contributed by atoms with Crippen molar-refractivity contribution < 1.29 is 14.0 Å². The minimum atomic E-state index is -0.682. The molecule has 1 aliphatic heterocycles. The van der Waals surface area contributed by atoms with Crippen molar-refractivity contribution in [3.63, 3.8) is 0 Å². The van der Waals surface area contributed by atoms with E-state index in [0.29, 0.717) is 24.7 Å². The van der Waals surface area contributed by atoms with E-state index in [-0.39, 0.29) is 30.2 Å². The Morgan fingerprint density at radius 2 is 1.74 bits per heavy atom. The predicted octanol–water partition coefficient (Wildman–Crippen LogP) is 3.70. The molecule has 2 aromatic rings. The minimum absolute atomic E-state index is 0.00333. The zero-order chi connectivity index (χ0) is 22.5. The third-order valence-corrected chi connectivity index (χ3v) is 5.95. The van der Waals surface area contributed by atoms with E-state index in [1.54, 1.807) is 36.4 Å². The summed E-state index contributed by atoms with van der Waals surface area (Å²) in [6.07, 6.45) is 0.111. The highest BCUT2D eigenvalue weighted by Gasteiger charge is 2.33. The second kappa shape index (κ2) is 10.1. The Kier molecular flexibility index (Phi) is 7.51. The fourth-order valence-electron chi connectivity index (χ4n) is 4.00. The molecule has 3 atom stereocenters. The summed E-state index contributed by atoms with van der Waals surface area (Å²) in [5.41, 5.74) is 7.14. The minimum Gasteiger partial charge on any atom is -0.352 e. The molecule has 0 aliphatic carbocycles. The molecule has 0 aromatic heterocycles. The number of nitrogens with two attached hydrogens (primary N) is 1. The van der Waals surface area contributed by atoms with Gasteiger partial charge in [-0.2, -0.15) is 0 Å². The summed E-state index contributed by atoms with van der Waals surface area (Å²) < 4.78 is 13.2. The zero-order valence-corrected chi connectivity index (χ0v) is 18.5. The lowest BCUT2D eigenvalue weighted by atomic mass is 10.0. The van der Waals surface area contributed by atoms with Crippen molar-refractivity contribution in [1.82, 2.24) is 15.1 Å². The average molecular weight is 447 g/mol. The molecule has 2 aromatic carbocycles. The molecule has 6 nitrogen and oxygen atoms in total. The summed E-state index contributed by atoms with van der Waals surface area (Å²) in [5.74, 6) is -0.296. The summed E-state index contributed by atoms with van der Waals surface area (Å²) >= 11 is 5.95. The highest BCUT2D eigenvalue weighted by Crippen LogP contribution is 2.24. The molecule has 3 N–H and O–H groups in total. The van der Waals surface area contributed by atoms with E-state index in [1.807, 2.05) is 11.8 Å². The van der Waals surface area contributed by atoms with Gasteiger partial charge in [0.2, 0.25) is 5.91 Å². The summed E-state index contributed by atoms with van der Waals surface area (Å²) in [4.78, 5) is 28.8. The van der Waals surface area contributed by atoms with Crippen molar-refractivity contribution >= 4 is 23.5 Å². The van der Waals surface area contributed by atoms with Crippen LogP contribution in [0.3, 0.4) is 0 Å².